The zero-order valence-corrected chi connectivity index (χ0v) is 35.6. The third-order valence-corrected chi connectivity index (χ3v) is 14.8. The molecule has 0 radical (unpaired) electrons. The molecule has 60 heavy (non-hydrogen) atoms. The summed E-state index contributed by atoms with van der Waals surface area (Å²) in [6.07, 6.45) is -13.8. The number of hydrogen-bond donors (Lipinski definition) is 0. The van der Waals surface area contributed by atoms with Crippen LogP contribution in [-0.4, -0.2) is 86.7 Å². The van der Waals surface area contributed by atoms with Crippen LogP contribution < -0.4 is 4.74 Å². The Kier molecular flexibility index (Phi) is 16.9. The maximum Gasteiger partial charge on any atom is 0.435 e. The summed E-state index contributed by atoms with van der Waals surface area (Å²) in [4.78, 5) is 1.89. The number of halogens is 11. The summed E-state index contributed by atoms with van der Waals surface area (Å²) in [5.74, 6) is 1.67. The monoisotopic (exact) mass is 909 g/mol. The summed E-state index contributed by atoms with van der Waals surface area (Å²) in [5.41, 5.74) is -4.42. The minimum Gasteiger partial charge on any atom is -0.457 e. The Hall–Kier alpha value is -1.99. The fraction of sp³-hybridized carbons (Fsp3) is 0.714. The average molecular weight is 910 g/mol. The molecular weight excluding hydrogens is 856 g/mol. The number of alkyl halides is 9. The summed E-state index contributed by atoms with van der Waals surface area (Å²) in [5, 5.41) is 0. The highest BCUT2D eigenvalue weighted by Crippen LogP contribution is 2.62. The van der Waals surface area contributed by atoms with Crippen LogP contribution in [0.25, 0.3) is 0 Å². The van der Waals surface area contributed by atoms with Gasteiger partial charge in [0.2, 0.25) is 0 Å². The molecule has 0 spiro atoms. The van der Waals surface area contributed by atoms with Crippen LogP contribution in [0.2, 0.25) is 0 Å². The van der Waals surface area contributed by atoms with E-state index in [2.05, 4.69) is 18.6 Å². The van der Waals surface area contributed by atoms with Crippen LogP contribution in [-0.2, 0) is 27.2 Å². The Balaban J connectivity index is 1.10. The first-order valence-corrected chi connectivity index (χ1v) is 23.0. The van der Waals surface area contributed by atoms with E-state index >= 15 is 8.78 Å². The van der Waals surface area contributed by atoms with Crippen molar-refractivity contribution in [1.29, 1.82) is 0 Å². The SMILES string of the molecule is CCCCOCCSSCCCN(C)Cc1c(F)cc(Oc2ccc3c(c2)CCC2C3CCC3(C)C(OCCCOC(C(F)(F)F)(C(F)(F)F)C(F)(F)F)CCC23)cc1F. The number of unbranched alkanes of at least 4 members (excludes halogenated alkanes) is 1. The third-order valence-electron chi connectivity index (χ3n) is 12.3. The number of aryl methyl sites for hydroxylation is 1. The molecule has 5 rings (SSSR count). The van der Waals surface area contributed by atoms with Gasteiger partial charge in [0.15, 0.2) is 0 Å². The smallest absolute Gasteiger partial charge is 0.435 e. The van der Waals surface area contributed by atoms with Gasteiger partial charge in [-0.25, -0.2) is 8.78 Å². The largest absolute Gasteiger partial charge is 0.457 e. The van der Waals surface area contributed by atoms with Gasteiger partial charge in [-0.05, 0) is 118 Å². The van der Waals surface area contributed by atoms with Gasteiger partial charge in [-0.1, -0.05) is 47.9 Å². The third kappa shape index (κ3) is 11.2. The van der Waals surface area contributed by atoms with E-state index in [4.69, 9.17) is 14.2 Å². The predicted molar refractivity (Wildman–Crippen MR) is 210 cm³/mol. The first kappa shape index (κ1) is 49.0. The van der Waals surface area contributed by atoms with Gasteiger partial charge in [-0.3, -0.25) is 0 Å². The van der Waals surface area contributed by atoms with Crippen LogP contribution in [0.4, 0.5) is 48.3 Å². The van der Waals surface area contributed by atoms with E-state index in [-0.39, 0.29) is 53.7 Å². The standard InChI is InChI=1S/C42H54F11NO4S2/c1-4-5-17-55-20-22-60-59-21-6-16-54(3)26-33-35(43)24-29(25-36(33)44)58-28-9-11-30-27(23-28)8-10-32-31(30)14-15-38(2)34(32)12-13-37(38)56-18-7-19-57-39(40(45,46)47,41(48,49)50)42(51,52)53/h9,11,23-25,31-32,34,37H,4-8,10,12-22,26H2,1-3H3. The van der Waals surface area contributed by atoms with Crippen LogP contribution >= 0.6 is 21.6 Å². The van der Waals surface area contributed by atoms with Gasteiger partial charge in [-0.2, -0.15) is 39.5 Å². The van der Waals surface area contributed by atoms with E-state index < -0.39 is 48.8 Å². The maximum atomic E-state index is 15.2. The van der Waals surface area contributed by atoms with Gasteiger partial charge in [0, 0.05) is 49.0 Å². The summed E-state index contributed by atoms with van der Waals surface area (Å²) in [6, 6.07) is 8.08. The number of benzene rings is 2. The maximum absolute atomic E-state index is 15.2. The van der Waals surface area contributed by atoms with Crippen LogP contribution in [0.1, 0.15) is 94.2 Å². The fourth-order valence-corrected chi connectivity index (χ4v) is 11.2. The van der Waals surface area contributed by atoms with Crippen molar-refractivity contribution in [3.63, 3.8) is 0 Å². The normalized spacial score (nSPS) is 23.4. The Labute approximate surface area is 352 Å². The molecule has 5 nitrogen and oxygen atoms in total. The van der Waals surface area contributed by atoms with E-state index in [0.717, 1.165) is 87.2 Å². The second-order valence-electron chi connectivity index (χ2n) is 16.3. The zero-order valence-electron chi connectivity index (χ0n) is 34.0. The van der Waals surface area contributed by atoms with Crippen LogP contribution in [0, 0.1) is 28.9 Å². The van der Waals surface area contributed by atoms with E-state index in [1.165, 1.54) is 12.1 Å². The van der Waals surface area contributed by atoms with Gasteiger partial charge in [0.05, 0.1) is 19.3 Å². The Morgan fingerprint density at radius 2 is 1.45 bits per heavy atom. The van der Waals surface area contributed by atoms with Gasteiger partial charge in [0.1, 0.15) is 23.1 Å². The molecule has 0 N–H and O–H groups in total. The highest BCUT2D eigenvalue weighted by molar-refractivity contribution is 8.76. The lowest BCUT2D eigenvalue weighted by atomic mass is 9.55. The lowest BCUT2D eigenvalue weighted by Crippen LogP contribution is -2.67. The zero-order chi connectivity index (χ0) is 43.9. The quantitative estimate of drug-likeness (QED) is 0.0702. The van der Waals surface area contributed by atoms with Crippen LogP contribution in [0.5, 0.6) is 11.5 Å². The van der Waals surface area contributed by atoms with Crippen molar-refractivity contribution < 1.29 is 67.2 Å². The van der Waals surface area contributed by atoms with E-state index in [0.29, 0.717) is 18.7 Å². The first-order chi connectivity index (χ1) is 28.2. The van der Waals surface area contributed by atoms with Gasteiger partial charge >= 0.3 is 24.1 Å². The second-order valence-corrected chi connectivity index (χ2v) is 19.0. The Morgan fingerprint density at radius 1 is 0.767 bits per heavy atom. The van der Waals surface area contributed by atoms with E-state index in [1.807, 2.05) is 24.1 Å². The number of hydrogen-bond acceptors (Lipinski definition) is 7. The molecule has 5 unspecified atom stereocenters. The summed E-state index contributed by atoms with van der Waals surface area (Å²) in [7, 11) is 5.36. The van der Waals surface area contributed by atoms with Crippen molar-refractivity contribution >= 4 is 21.6 Å². The van der Waals surface area contributed by atoms with Crippen molar-refractivity contribution in [2.45, 2.75) is 121 Å². The number of nitrogens with zero attached hydrogens (tertiary/aromatic N) is 1. The minimum absolute atomic E-state index is 0.0238. The number of ether oxygens (including phenoxy) is 4. The molecular formula is C42H54F11NO4S2. The predicted octanol–water partition coefficient (Wildman–Crippen LogP) is 12.9. The molecule has 5 atom stereocenters. The molecule has 0 aliphatic heterocycles. The topological polar surface area (TPSA) is 40.2 Å². The molecule has 0 saturated heterocycles. The lowest BCUT2D eigenvalue weighted by Gasteiger charge is -2.50. The summed E-state index contributed by atoms with van der Waals surface area (Å²) in [6.45, 7) is 4.69. The van der Waals surface area contributed by atoms with Crippen molar-refractivity contribution in [2.24, 2.45) is 17.3 Å². The highest BCUT2D eigenvalue weighted by atomic mass is 33.1. The molecule has 0 bridgehead atoms. The van der Waals surface area contributed by atoms with E-state index in [9.17, 15) is 39.5 Å². The van der Waals surface area contributed by atoms with Crippen molar-refractivity contribution in [1.82, 2.24) is 4.90 Å². The van der Waals surface area contributed by atoms with Crippen molar-refractivity contribution in [3.8, 4) is 11.5 Å². The van der Waals surface area contributed by atoms with Crippen molar-refractivity contribution in [3.05, 3.63) is 58.7 Å². The summed E-state index contributed by atoms with van der Waals surface area (Å²) < 4.78 is 170. The Bertz CT molecular complexity index is 1640. The fourth-order valence-electron chi connectivity index (χ4n) is 9.31. The van der Waals surface area contributed by atoms with Crippen LogP contribution in [0.15, 0.2) is 30.3 Å². The molecule has 2 aromatic carbocycles. The molecule has 0 aromatic heterocycles. The molecule has 0 amide bonds. The first-order valence-electron chi connectivity index (χ1n) is 20.5. The molecule has 2 fully saturated rings. The highest BCUT2D eigenvalue weighted by Gasteiger charge is 2.85. The molecule has 2 saturated carbocycles. The minimum atomic E-state index is -6.77. The Morgan fingerprint density at radius 3 is 2.12 bits per heavy atom. The second kappa shape index (κ2) is 20.7. The van der Waals surface area contributed by atoms with Gasteiger partial charge in [-0.15, -0.1) is 0 Å². The average Bonchev–Trinajstić information content (AvgIpc) is 3.49. The van der Waals surface area contributed by atoms with Gasteiger partial charge in [0.25, 0.3) is 0 Å². The molecule has 18 heteroatoms. The molecule has 0 heterocycles. The summed E-state index contributed by atoms with van der Waals surface area (Å²) >= 11 is 0. The molecule has 2 aromatic rings. The lowest BCUT2D eigenvalue weighted by molar-refractivity contribution is -0.457. The van der Waals surface area contributed by atoms with Crippen molar-refractivity contribution in [2.75, 3.05) is 51.5 Å². The number of rotatable bonds is 21. The van der Waals surface area contributed by atoms with Crippen LogP contribution in [0.3, 0.4) is 0 Å². The molecule has 340 valence electrons. The van der Waals surface area contributed by atoms with Gasteiger partial charge < -0.3 is 23.8 Å². The molecule has 3 aliphatic rings. The molecule has 3 aliphatic carbocycles. The van der Waals surface area contributed by atoms with E-state index in [1.54, 1.807) is 27.7 Å². The number of fused-ring (bicyclic) bond motifs is 5.